The zero-order valence-corrected chi connectivity index (χ0v) is 15.8. The fraction of sp³-hybridized carbons (Fsp3) is 0.0625. The maximum atomic E-state index is 12.7. The second-order valence-corrected chi connectivity index (χ2v) is 7.78. The number of sulfone groups is 1. The van der Waals surface area contributed by atoms with Crippen molar-refractivity contribution >= 4 is 44.8 Å². The summed E-state index contributed by atoms with van der Waals surface area (Å²) in [6, 6.07) is 7.32. The number of rotatable bonds is 5. The zero-order chi connectivity index (χ0) is 20.4. The van der Waals surface area contributed by atoms with Crippen LogP contribution in [0.15, 0.2) is 40.1 Å². The highest BCUT2D eigenvalue weighted by molar-refractivity contribution is 7.95. The first-order valence-corrected chi connectivity index (χ1v) is 9.23. The minimum Gasteiger partial charge on any atom is -0.500 e. The van der Waals surface area contributed by atoms with Gasteiger partial charge in [-0.3, -0.25) is 10.1 Å². The van der Waals surface area contributed by atoms with Gasteiger partial charge in [0, 0.05) is 11.1 Å². The Bertz CT molecular complexity index is 1110. The molecule has 0 saturated heterocycles. The molecule has 0 aliphatic heterocycles. The van der Waals surface area contributed by atoms with E-state index in [1.807, 2.05) is 0 Å². The summed E-state index contributed by atoms with van der Waals surface area (Å²) in [5, 5.41) is 30.1. The van der Waals surface area contributed by atoms with E-state index in [0.717, 1.165) is 24.3 Å². The number of hydrogen-bond donors (Lipinski definition) is 1. The second-order valence-electron chi connectivity index (χ2n) is 5.05. The van der Waals surface area contributed by atoms with Crippen LogP contribution in [-0.4, -0.2) is 25.6 Å². The van der Waals surface area contributed by atoms with Crippen LogP contribution in [0.4, 0.5) is 5.69 Å². The third kappa shape index (κ3) is 4.14. The van der Waals surface area contributed by atoms with Gasteiger partial charge in [0.15, 0.2) is 5.75 Å². The Morgan fingerprint density at radius 1 is 1.33 bits per heavy atom. The van der Waals surface area contributed by atoms with Crippen molar-refractivity contribution in [3.63, 3.8) is 0 Å². The average molecular weight is 429 g/mol. The van der Waals surface area contributed by atoms with E-state index in [4.69, 9.17) is 27.9 Å². The predicted molar refractivity (Wildman–Crippen MR) is 98.6 cm³/mol. The maximum Gasteiger partial charge on any atom is 0.315 e. The van der Waals surface area contributed by atoms with Crippen molar-refractivity contribution in [2.24, 2.45) is 0 Å². The summed E-state index contributed by atoms with van der Waals surface area (Å²) in [6.45, 7) is 0. The number of phenolic OH excluding ortho intramolecular Hbond substituents is 1. The zero-order valence-electron chi connectivity index (χ0n) is 13.5. The standard InChI is InChI=1S/C16H10Cl2N2O6S/c1-26-14-6-9(5-13(16(14)21)20(22)23)4-11(8-19)27(24,25)15-7-10(17)2-3-12(15)18/h2-7,21H,1H3. The highest BCUT2D eigenvalue weighted by Crippen LogP contribution is 2.38. The molecule has 0 spiro atoms. The van der Waals surface area contributed by atoms with Gasteiger partial charge in [-0.1, -0.05) is 23.2 Å². The first-order chi connectivity index (χ1) is 12.6. The highest BCUT2D eigenvalue weighted by atomic mass is 35.5. The summed E-state index contributed by atoms with van der Waals surface area (Å²) in [4.78, 5) is 9.07. The van der Waals surface area contributed by atoms with Crippen LogP contribution < -0.4 is 4.74 Å². The summed E-state index contributed by atoms with van der Waals surface area (Å²) < 4.78 is 30.3. The molecule has 0 aromatic heterocycles. The van der Waals surface area contributed by atoms with Gasteiger partial charge < -0.3 is 9.84 Å². The molecular weight excluding hydrogens is 419 g/mol. The molecule has 0 fully saturated rings. The van der Waals surface area contributed by atoms with Crippen LogP contribution in [0.1, 0.15) is 5.56 Å². The number of halogens is 2. The molecule has 0 bridgehead atoms. The quantitative estimate of drug-likeness (QED) is 0.433. The van der Waals surface area contributed by atoms with Crippen LogP contribution in [-0.2, 0) is 9.84 Å². The lowest BCUT2D eigenvalue weighted by molar-refractivity contribution is -0.386. The van der Waals surface area contributed by atoms with Crippen molar-refractivity contribution in [1.82, 2.24) is 0 Å². The molecule has 0 unspecified atom stereocenters. The monoisotopic (exact) mass is 428 g/mol. The number of allylic oxidation sites excluding steroid dienone is 1. The molecule has 0 heterocycles. The van der Waals surface area contributed by atoms with E-state index in [1.54, 1.807) is 0 Å². The van der Waals surface area contributed by atoms with Gasteiger partial charge in [-0.25, -0.2) is 8.42 Å². The normalized spacial score (nSPS) is 11.7. The van der Waals surface area contributed by atoms with Gasteiger partial charge in [-0.15, -0.1) is 0 Å². The molecule has 0 radical (unpaired) electrons. The molecule has 11 heteroatoms. The van der Waals surface area contributed by atoms with Gasteiger partial charge in [-0.2, -0.15) is 5.26 Å². The maximum absolute atomic E-state index is 12.7. The van der Waals surface area contributed by atoms with Gasteiger partial charge >= 0.3 is 5.69 Å². The number of benzene rings is 2. The number of nitrogens with zero attached hydrogens (tertiary/aromatic N) is 2. The van der Waals surface area contributed by atoms with E-state index in [1.165, 1.54) is 25.3 Å². The molecule has 2 aromatic rings. The van der Waals surface area contributed by atoms with E-state index in [9.17, 15) is 28.9 Å². The summed E-state index contributed by atoms with van der Waals surface area (Å²) >= 11 is 11.7. The molecule has 0 amide bonds. The molecule has 140 valence electrons. The molecule has 27 heavy (non-hydrogen) atoms. The van der Waals surface area contributed by atoms with Crippen molar-refractivity contribution < 1.29 is 23.2 Å². The van der Waals surface area contributed by atoms with Crippen molar-refractivity contribution in [3.8, 4) is 17.6 Å². The van der Waals surface area contributed by atoms with Crippen molar-refractivity contribution in [1.29, 1.82) is 5.26 Å². The smallest absolute Gasteiger partial charge is 0.315 e. The predicted octanol–water partition coefficient (Wildman–Crippen LogP) is 3.95. The molecule has 0 aliphatic carbocycles. The van der Waals surface area contributed by atoms with Crippen LogP contribution in [0.5, 0.6) is 11.5 Å². The number of nitro groups is 1. The molecule has 0 saturated carbocycles. The number of ether oxygens (including phenoxy) is 1. The molecular formula is C16H10Cl2N2O6S. The first-order valence-electron chi connectivity index (χ1n) is 6.99. The number of nitriles is 1. The molecule has 1 N–H and O–H groups in total. The van der Waals surface area contributed by atoms with Gasteiger partial charge in [0.1, 0.15) is 11.0 Å². The van der Waals surface area contributed by atoms with Gasteiger partial charge in [0.05, 0.1) is 22.0 Å². The lowest BCUT2D eigenvalue weighted by atomic mass is 10.1. The van der Waals surface area contributed by atoms with Crippen LogP contribution in [0.2, 0.25) is 10.0 Å². The first kappa shape index (κ1) is 20.5. The minimum absolute atomic E-state index is 0.0466. The third-order valence-electron chi connectivity index (χ3n) is 3.37. The van der Waals surface area contributed by atoms with Crippen LogP contribution >= 0.6 is 23.2 Å². The Kier molecular flexibility index (Phi) is 5.95. The minimum atomic E-state index is -4.35. The number of methoxy groups -OCH3 is 1. The molecule has 0 atom stereocenters. The van der Waals surface area contributed by atoms with Gasteiger partial charge in [0.25, 0.3) is 0 Å². The van der Waals surface area contributed by atoms with Crippen molar-refractivity contribution in [2.75, 3.05) is 7.11 Å². The molecule has 8 nitrogen and oxygen atoms in total. The fourth-order valence-corrected chi connectivity index (χ4v) is 4.03. The van der Waals surface area contributed by atoms with E-state index in [-0.39, 0.29) is 26.3 Å². The third-order valence-corrected chi connectivity index (χ3v) is 5.76. The van der Waals surface area contributed by atoms with E-state index < -0.39 is 31.1 Å². The molecule has 2 rings (SSSR count). The Labute approximate surface area is 163 Å². The lowest BCUT2D eigenvalue weighted by Gasteiger charge is -2.08. The lowest BCUT2D eigenvalue weighted by Crippen LogP contribution is -2.04. The van der Waals surface area contributed by atoms with Crippen molar-refractivity contribution in [2.45, 2.75) is 4.90 Å². The van der Waals surface area contributed by atoms with Crippen LogP contribution in [0, 0.1) is 21.4 Å². The summed E-state index contributed by atoms with van der Waals surface area (Å²) in [5.41, 5.74) is -0.759. The number of phenols is 1. The average Bonchev–Trinajstić information content (AvgIpc) is 2.62. The van der Waals surface area contributed by atoms with E-state index >= 15 is 0 Å². The van der Waals surface area contributed by atoms with Gasteiger partial charge in [-0.05, 0) is 35.9 Å². The second kappa shape index (κ2) is 7.84. The number of nitro benzene ring substituents is 1. The molecule has 2 aromatic carbocycles. The Morgan fingerprint density at radius 2 is 2.00 bits per heavy atom. The summed E-state index contributed by atoms with van der Waals surface area (Å²) in [5.74, 6) is -0.982. The number of aromatic hydroxyl groups is 1. The number of hydrogen-bond acceptors (Lipinski definition) is 7. The summed E-state index contributed by atoms with van der Waals surface area (Å²) in [7, 11) is -3.19. The molecule has 0 aliphatic rings. The largest absolute Gasteiger partial charge is 0.500 e. The van der Waals surface area contributed by atoms with Crippen LogP contribution in [0.3, 0.4) is 0 Å². The Balaban J connectivity index is 2.69. The fourth-order valence-electron chi connectivity index (χ4n) is 2.11. The summed E-state index contributed by atoms with van der Waals surface area (Å²) in [6.07, 6.45) is 0.904. The topological polar surface area (TPSA) is 131 Å². The van der Waals surface area contributed by atoms with Crippen LogP contribution in [0.25, 0.3) is 6.08 Å². The van der Waals surface area contributed by atoms with E-state index in [2.05, 4.69) is 0 Å². The Morgan fingerprint density at radius 3 is 2.56 bits per heavy atom. The van der Waals surface area contributed by atoms with Crippen molar-refractivity contribution in [3.05, 3.63) is 61.0 Å². The highest BCUT2D eigenvalue weighted by Gasteiger charge is 2.25. The SMILES string of the molecule is COc1cc(C=C(C#N)S(=O)(=O)c2cc(Cl)ccc2Cl)cc([N+](=O)[O-])c1O. The van der Waals surface area contributed by atoms with Gasteiger partial charge in [0.2, 0.25) is 15.6 Å². The Hall–Kier alpha value is -2.80. The van der Waals surface area contributed by atoms with E-state index in [0.29, 0.717) is 0 Å².